The summed E-state index contributed by atoms with van der Waals surface area (Å²) in [6, 6.07) is 13.7. The van der Waals surface area contributed by atoms with Crippen LogP contribution in [-0.4, -0.2) is 23.8 Å². The number of anilines is 1. The number of amides is 3. The summed E-state index contributed by atoms with van der Waals surface area (Å²) in [6.07, 6.45) is -0.406. The Bertz CT molecular complexity index is 801. The van der Waals surface area contributed by atoms with Crippen molar-refractivity contribution < 1.29 is 19.1 Å². The van der Waals surface area contributed by atoms with E-state index in [0.29, 0.717) is 23.4 Å². The fourth-order valence-electron chi connectivity index (χ4n) is 2.12. The highest BCUT2D eigenvalue weighted by atomic mass is 16.5. The molecule has 0 aromatic heterocycles. The second-order valence-corrected chi connectivity index (χ2v) is 6.00. The predicted molar refractivity (Wildman–Crippen MR) is 102 cm³/mol. The molecule has 3 amide bonds. The maximum absolute atomic E-state index is 12.1. The summed E-state index contributed by atoms with van der Waals surface area (Å²) in [5.74, 6) is -0.490. The van der Waals surface area contributed by atoms with Crippen LogP contribution < -0.4 is 20.9 Å². The van der Waals surface area contributed by atoms with E-state index >= 15 is 0 Å². The Hall–Kier alpha value is -3.35. The number of carbonyl (C=O) groups excluding carboxylic acids is 3. The molecule has 2 aromatic carbocycles. The van der Waals surface area contributed by atoms with E-state index in [9.17, 15) is 14.4 Å². The number of hydrogen-bond donors (Lipinski definition) is 3. The van der Waals surface area contributed by atoms with Gasteiger partial charge in [0.2, 0.25) is 5.91 Å². The van der Waals surface area contributed by atoms with Gasteiger partial charge in [0, 0.05) is 17.7 Å². The molecule has 0 heterocycles. The SMILES string of the molecule is CCC(=O)Nc1ccc(C(=O)NNC(=O)C(C)Oc2ccc(C)cc2)cc1. The summed E-state index contributed by atoms with van der Waals surface area (Å²) < 4.78 is 5.53. The zero-order chi connectivity index (χ0) is 19.8. The molecule has 0 fully saturated rings. The minimum absolute atomic E-state index is 0.109. The van der Waals surface area contributed by atoms with Gasteiger partial charge >= 0.3 is 0 Å². The van der Waals surface area contributed by atoms with Crippen LogP contribution in [0.1, 0.15) is 36.2 Å². The third kappa shape index (κ3) is 6.14. The second kappa shape index (κ2) is 9.38. The summed E-state index contributed by atoms with van der Waals surface area (Å²) in [7, 11) is 0. The molecule has 0 aliphatic rings. The minimum atomic E-state index is -0.778. The first kappa shape index (κ1) is 20.0. The Kier molecular flexibility index (Phi) is 6.93. The lowest BCUT2D eigenvalue weighted by Crippen LogP contribution is -2.47. The topological polar surface area (TPSA) is 96.5 Å². The number of hydrazine groups is 1. The third-order valence-electron chi connectivity index (χ3n) is 3.75. The molecule has 0 spiro atoms. The number of rotatable bonds is 6. The van der Waals surface area contributed by atoms with E-state index in [0.717, 1.165) is 5.56 Å². The summed E-state index contributed by atoms with van der Waals surface area (Å²) in [6.45, 7) is 5.30. The van der Waals surface area contributed by atoms with Crippen molar-refractivity contribution in [2.75, 3.05) is 5.32 Å². The van der Waals surface area contributed by atoms with Gasteiger partial charge in [-0.15, -0.1) is 0 Å². The molecule has 1 unspecified atom stereocenters. The molecule has 0 aliphatic carbocycles. The van der Waals surface area contributed by atoms with Crippen LogP contribution in [0, 0.1) is 6.92 Å². The first-order valence-electron chi connectivity index (χ1n) is 8.62. The average molecular weight is 369 g/mol. The Balaban J connectivity index is 1.84. The molecule has 7 heteroatoms. The molecule has 7 nitrogen and oxygen atoms in total. The van der Waals surface area contributed by atoms with E-state index in [1.54, 1.807) is 50.2 Å². The van der Waals surface area contributed by atoms with Crippen molar-refractivity contribution in [3.05, 3.63) is 59.7 Å². The molecule has 0 radical (unpaired) electrons. The fourth-order valence-corrected chi connectivity index (χ4v) is 2.12. The van der Waals surface area contributed by atoms with Crippen molar-refractivity contribution in [1.82, 2.24) is 10.9 Å². The monoisotopic (exact) mass is 369 g/mol. The van der Waals surface area contributed by atoms with Crippen molar-refractivity contribution in [1.29, 1.82) is 0 Å². The lowest BCUT2D eigenvalue weighted by Gasteiger charge is -2.15. The van der Waals surface area contributed by atoms with Gasteiger partial charge in [-0.1, -0.05) is 24.6 Å². The molecule has 2 rings (SSSR count). The Labute approximate surface area is 158 Å². The smallest absolute Gasteiger partial charge is 0.279 e. The summed E-state index contributed by atoms with van der Waals surface area (Å²) in [5, 5.41) is 2.69. The van der Waals surface area contributed by atoms with Gasteiger partial charge in [0.25, 0.3) is 11.8 Å². The van der Waals surface area contributed by atoms with Crippen LogP contribution in [0.2, 0.25) is 0 Å². The highest BCUT2D eigenvalue weighted by Gasteiger charge is 2.16. The van der Waals surface area contributed by atoms with E-state index < -0.39 is 17.9 Å². The van der Waals surface area contributed by atoms with Gasteiger partial charge < -0.3 is 10.1 Å². The van der Waals surface area contributed by atoms with Crippen LogP contribution in [0.4, 0.5) is 5.69 Å². The van der Waals surface area contributed by atoms with Crippen molar-refractivity contribution >= 4 is 23.4 Å². The molecule has 0 aliphatic heterocycles. The van der Waals surface area contributed by atoms with Gasteiger partial charge in [-0.2, -0.15) is 0 Å². The molecular weight excluding hydrogens is 346 g/mol. The lowest BCUT2D eigenvalue weighted by atomic mass is 10.2. The van der Waals surface area contributed by atoms with Crippen molar-refractivity contribution in [2.24, 2.45) is 0 Å². The quantitative estimate of drug-likeness (QED) is 0.682. The molecular formula is C20H23N3O4. The Morgan fingerprint density at radius 2 is 1.59 bits per heavy atom. The fraction of sp³-hybridized carbons (Fsp3) is 0.250. The summed E-state index contributed by atoms with van der Waals surface area (Å²) in [5.41, 5.74) is 6.71. The minimum Gasteiger partial charge on any atom is -0.481 e. The van der Waals surface area contributed by atoms with Gasteiger partial charge in [-0.05, 0) is 50.2 Å². The average Bonchev–Trinajstić information content (AvgIpc) is 2.68. The number of carbonyl (C=O) groups is 3. The second-order valence-electron chi connectivity index (χ2n) is 6.00. The van der Waals surface area contributed by atoms with E-state index in [1.165, 1.54) is 0 Å². The summed E-state index contributed by atoms with van der Waals surface area (Å²) in [4.78, 5) is 35.5. The number of nitrogens with one attached hydrogen (secondary N) is 3. The van der Waals surface area contributed by atoms with Crippen LogP contribution in [-0.2, 0) is 9.59 Å². The van der Waals surface area contributed by atoms with Crippen LogP contribution in [0.3, 0.4) is 0 Å². The highest BCUT2D eigenvalue weighted by molar-refractivity contribution is 5.97. The number of ether oxygens (including phenoxy) is 1. The normalized spacial score (nSPS) is 11.2. The number of benzene rings is 2. The lowest BCUT2D eigenvalue weighted by molar-refractivity contribution is -0.128. The molecule has 0 saturated heterocycles. The zero-order valence-corrected chi connectivity index (χ0v) is 15.5. The van der Waals surface area contributed by atoms with E-state index in [4.69, 9.17) is 4.74 Å². The first-order valence-corrected chi connectivity index (χ1v) is 8.62. The van der Waals surface area contributed by atoms with Gasteiger partial charge in [0.15, 0.2) is 6.10 Å². The largest absolute Gasteiger partial charge is 0.481 e. The number of hydrogen-bond acceptors (Lipinski definition) is 4. The van der Waals surface area contributed by atoms with Gasteiger partial charge in [0.1, 0.15) is 5.75 Å². The van der Waals surface area contributed by atoms with E-state index in [-0.39, 0.29) is 5.91 Å². The van der Waals surface area contributed by atoms with Crippen LogP contribution in [0.25, 0.3) is 0 Å². The third-order valence-corrected chi connectivity index (χ3v) is 3.75. The zero-order valence-electron chi connectivity index (χ0n) is 15.5. The Morgan fingerprint density at radius 3 is 2.19 bits per heavy atom. The van der Waals surface area contributed by atoms with Gasteiger partial charge in [-0.3, -0.25) is 25.2 Å². The van der Waals surface area contributed by atoms with Crippen molar-refractivity contribution in [2.45, 2.75) is 33.3 Å². The number of aryl methyl sites for hydroxylation is 1. The van der Waals surface area contributed by atoms with Crippen molar-refractivity contribution in [3.8, 4) is 5.75 Å². The standard InChI is InChI=1S/C20H23N3O4/c1-4-18(24)21-16-9-7-15(8-10-16)20(26)23-22-19(25)14(3)27-17-11-5-13(2)6-12-17/h5-12,14H,4H2,1-3H3,(H,21,24)(H,22,25)(H,23,26). The van der Waals surface area contributed by atoms with Crippen LogP contribution in [0.15, 0.2) is 48.5 Å². The van der Waals surface area contributed by atoms with Crippen LogP contribution >= 0.6 is 0 Å². The summed E-state index contributed by atoms with van der Waals surface area (Å²) >= 11 is 0. The molecule has 2 aromatic rings. The molecule has 27 heavy (non-hydrogen) atoms. The highest BCUT2D eigenvalue weighted by Crippen LogP contribution is 2.13. The van der Waals surface area contributed by atoms with E-state index in [1.807, 2.05) is 19.1 Å². The first-order chi connectivity index (χ1) is 12.9. The van der Waals surface area contributed by atoms with Gasteiger partial charge in [0.05, 0.1) is 0 Å². The molecule has 0 bridgehead atoms. The maximum atomic E-state index is 12.1. The molecule has 1 atom stereocenters. The predicted octanol–water partition coefficient (Wildman–Crippen LogP) is 2.57. The molecule has 0 saturated carbocycles. The Morgan fingerprint density at radius 1 is 0.963 bits per heavy atom. The van der Waals surface area contributed by atoms with Crippen LogP contribution in [0.5, 0.6) is 5.75 Å². The molecule has 142 valence electrons. The van der Waals surface area contributed by atoms with Crippen molar-refractivity contribution in [3.63, 3.8) is 0 Å². The van der Waals surface area contributed by atoms with E-state index in [2.05, 4.69) is 16.2 Å². The van der Waals surface area contributed by atoms with Gasteiger partial charge in [-0.25, -0.2) is 0 Å². The maximum Gasteiger partial charge on any atom is 0.279 e. The molecule has 3 N–H and O–H groups in total.